The van der Waals surface area contributed by atoms with E-state index >= 15 is 0 Å². The number of hydrogen-bond acceptors (Lipinski definition) is 4. The predicted octanol–water partition coefficient (Wildman–Crippen LogP) is -0.787. The van der Waals surface area contributed by atoms with E-state index in [2.05, 4.69) is 5.32 Å². The number of nitrogens with one attached hydrogen (secondary N) is 1. The van der Waals surface area contributed by atoms with Gasteiger partial charge in [0.15, 0.2) is 0 Å². The minimum Gasteiger partial charge on any atom is -0.481 e. The van der Waals surface area contributed by atoms with Crippen molar-refractivity contribution in [2.24, 2.45) is 5.92 Å². The first kappa shape index (κ1) is 13.8. The molecule has 0 bridgehead atoms. The lowest BCUT2D eigenvalue weighted by Crippen LogP contribution is -2.57. The van der Waals surface area contributed by atoms with Crippen LogP contribution in [-0.4, -0.2) is 59.6 Å². The van der Waals surface area contributed by atoms with Crippen molar-refractivity contribution in [2.45, 2.75) is 31.8 Å². The van der Waals surface area contributed by atoms with Crippen LogP contribution in [0.3, 0.4) is 0 Å². The van der Waals surface area contributed by atoms with E-state index in [1.165, 1.54) is 11.8 Å². The lowest BCUT2D eigenvalue weighted by atomic mass is 10.1. The van der Waals surface area contributed by atoms with Crippen molar-refractivity contribution in [3.8, 4) is 0 Å². The van der Waals surface area contributed by atoms with Crippen LogP contribution in [0.1, 0.15) is 19.8 Å². The molecule has 2 N–H and O–H groups in total. The van der Waals surface area contributed by atoms with Gasteiger partial charge in [-0.3, -0.25) is 14.4 Å². The van der Waals surface area contributed by atoms with Crippen molar-refractivity contribution < 1.29 is 24.2 Å². The first-order valence-electron chi connectivity index (χ1n) is 6.42. The zero-order chi connectivity index (χ0) is 14.0. The monoisotopic (exact) mass is 270 g/mol. The molecule has 2 atom stereocenters. The number of hydrogen-bond donors (Lipinski definition) is 2. The summed E-state index contributed by atoms with van der Waals surface area (Å²) in [7, 11) is 0. The lowest BCUT2D eigenvalue weighted by molar-refractivity contribution is -0.158. The van der Waals surface area contributed by atoms with Crippen LogP contribution in [-0.2, 0) is 19.1 Å². The van der Waals surface area contributed by atoms with Gasteiger partial charge in [0.1, 0.15) is 12.0 Å². The molecule has 0 aromatic carbocycles. The van der Waals surface area contributed by atoms with Crippen molar-refractivity contribution in [1.29, 1.82) is 0 Å². The summed E-state index contributed by atoms with van der Waals surface area (Å²) in [6.07, 6.45) is 1.91. The number of carboxylic acids is 1. The Bertz CT molecular complexity index is 394. The van der Waals surface area contributed by atoms with E-state index in [4.69, 9.17) is 9.84 Å². The van der Waals surface area contributed by atoms with Gasteiger partial charge in [-0.25, -0.2) is 0 Å². The third-order valence-electron chi connectivity index (χ3n) is 3.38. The molecule has 2 fully saturated rings. The molecule has 0 aromatic rings. The van der Waals surface area contributed by atoms with Crippen molar-refractivity contribution in [1.82, 2.24) is 10.2 Å². The number of amides is 2. The van der Waals surface area contributed by atoms with Crippen molar-refractivity contribution >= 4 is 17.8 Å². The molecular weight excluding hydrogens is 252 g/mol. The van der Waals surface area contributed by atoms with Crippen LogP contribution >= 0.6 is 0 Å². The first-order valence-corrected chi connectivity index (χ1v) is 6.42. The third-order valence-corrected chi connectivity index (χ3v) is 3.38. The molecule has 0 aromatic heterocycles. The quantitative estimate of drug-likeness (QED) is 0.653. The van der Waals surface area contributed by atoms with E-state index in [9.17, 15) is 14.4 Å². The van der Waals surface area contributed by atoms with E-state index < -0.39 is 23.8 Å². The van der Waals surface area contributed by atoms with Crippen LogP contribution in [0.25, 0.3) is 0 Å². The zero-order valence-corrected chi connectivity index (χ0v) is 10.8. The van der Waals surface area contributed by atoms with Gasteiger partial charge in [0, 0.05) is 12.6 Å². The number of rotatable bonds is 4. The van der Waals surface area contributed by atoms with Crippen LogP contribution in [0.15, 0.2) is 0 Å². The Morgan fingerprint density at radius 2 is 2.05 bits per heavy atom. The fourth-order valence-corrected chi connectivity index (χ4v) is 1.96. The Morgan fingerprint density at radius 1 is 1.37 bits per heavy atom. The van der Waals surface area contributed by atoms with Crippen LogP contribution in [0.4, 0.5) is 0 Å². The molecule has 1 aliphatic carbocycles. The molecule has 1 saturated heterocycles. The molecule has 7 nitrogen and oxygen atoms in total. The molecule has 2 aliphatic rings. The number of aliphatic carboxylic acids is 1. The van der Waals surface area contributed by atoms with Gasteiger partial charge in [-0.05, 0) is 19.8 Å². The highest BCUT2D eigenvalue weighted by molar-refractivity contribution is 5.98. The number of ether oxygens (including phenoxy) is 1. The zero-order valence-electron chi connectivity index (χ0n) is 10.8. The van der Waals surface area contributed by atoms with E-state index in [1.54, 1.807) is 0 Å². The molecule has 1 saturated carbocycles. The minimum absolute atomic E-state index is 0.122. The smallest absolute Gasteiger partial charge is 0.315 e. The second-order valence-electron chi connectivity index (χ2n) is 4.97. The maximum Gasteiger partial charge on any atom is 0.315 e. The van der Waals surface area contributed by atoms with Gasteiger partial charge >= 0.3 is 5.97 Å². The summed E-state index contributed by atoms with van der Waals surface area (Å²) in [5.41, 5.74) is 0. The topological polar surface area (TPSA) is 95.9 Å². The van der Waals surface area contributed by atoms with E-state index in [1.807, 2.05) is 0 Å². The molecule has 1 heterocycles. The minimum atomic E-state index is -1.18. The summed E-state index contributed by atoms with van der Waals surface area (Å²) in [6, 6.07) is -0.521. The van der Waals surface area contributed by atoms with Gasteiger partial charge in [-0.2, -0.15) is 0 Å². The fourth-order valence-electron chi connectivity index (χ4n) is 1.96. The van der Waals surface area contributed by atoms with Gasteiger partial charge in [-0.1, -0.05) is 0 Å². The molecule has 7 heteroatoms. The van der Waals surface area contributed by atoms with Crippen LogP contribution < -0.4 is 5.32 Å². The second-order valence-corrected chi connectivity index (χ2v) is 4.97. The summed E-state index contributed by atoms with van der Waals surface area (Å²) in [5, 5.41) is 11.7. The highest BCUT2D eigenvalue weighted by Crippen LogP contribution is 2.20. The third kappa shape index (κ3) is 3.23. The highest BCUT2D eigenvalue weighted by atomic mass is 16.5. The second kappa shape index (κ2) is 5.56. The van der Waals surface area contributed by atoms with Crippen molar-refractivity contribution in [2.75, 3.05) is 19.8 Å². The molecule has 2 unspecified atom stereocenters. The number of carbonyl (C=O) groups is 3. The summed E-state index contributed by atoms with van der Waals surface area (Å²) < 4.78 is 5.22. The Kier molecular flexibility index (Phi) is 4.04. The molecule has 1 aliphatic heterocycles. The van der Waals surface area contributed by atoms with E-state index in [0.717, 1.165) is 12.8 Å². The normalized spacial score (nSPS) is 24.7. The van der Waals surface area contributed by atoms with Crippen LogP contribution in [0, 0.1) is 5.92 Å². The summed E-state index contributed by atoms with van der Waals surface area (Å²) in [5.74, 6) is -3.12. The number of carbonyl (C=O) groups excluding carboxylic acids is 2. The van der Waals surface area contributed by atoms with Crippen molar-refractivity contribution in [3.63, 3.8) is 0 Å². The van der Waals surface area contributed by atoms with E-state index in [-0.39, 0.29) is 25.1 Å². The van der Waals surface area contributed by atoms with Crippen LogP contribution in [0.2, 0.25) is 0 Å². The number of carboxylic acid groups (broad SMARTS) is 1. The Balaban J connectivity index is 2.03. The number of nitrogens with zero attached hydrogens (tertiary/aromatic N) is 1. The van der Waals surface area contributed by atoms with Crippen molar-refractivity contribution in [3.05, 3.63) is 0 Å². The van der Waals surface area contributed by atoms with Gasteiger partial charge < -0.3 is 20.1 Å². The average Bonchev–Trinajstić information content (AvgIpc) is 3.20. The standard InChI is InChI=1S/C12H18N2O5/c1-7(12(17)18)11(16)14-4-5-19-6-9(14)10(15)13-8-2-3-8/h7-9H,2-6H2,1H3,(H,13,15)(H,17,18). The molecule has 0 radical (unpaired) electrons. The summed E-state index contributed by atoms with van der Waals surface area (Å²) in [4.78, 5) is 36.3. The van der Waals surface area contributed by atoms with Gasteiger partial charge in [0.25, 0.3) is 0 Å². The average molecular weight is 270 g/mol. The maximum absolute atomic E-state index is 12.1. The summed E-state index contributed by atoms with van der Waals surface area (Å²) in [6.45, 7) is 2.02. The highest BCUT2D eigenvalue weighted by Gasteiger charge is 2.38. The van der Waals surface area contributed by atoms with Gasteiger partial charge in [-0.15, -0.1) is 0 Å². The molecule has 106 valence electrons. The van der Waals surface area contributed by atoms with E-state index in [0.29, 0.717) is 6.61 Å². The molecule has 2 rings (SSSR count). The maximum atomic E-state index is 12.1. The lowest BCUT2D eigenvalue weighted by Gasteiger charge is -2.35. The Labute approximate surface area is 110 Å². The SMILES string of the molecule is CC(C(=O)O)C(=O)N1CCOCC1C(=O)NC1CC1. The largest absolute Gasteiger partial charge is 0.481 e. The molecule has 0 spiro atoms. The first-order chi connectivity index (χ1) is 9.00. The Morgan fingerprint density at radius 3 is 2.63 bits per heavy atom. The molecule has 19 heavy (non-hydrogen) atoms. The predicted molar refractivity (Wildman–Crippen MR) is 64.3 cm³/mol. The van der Waals surface area contributed by atoms with Gasteiger partial charge in [0.05, 0.1) is 13.2 Å². The molecular formula is C12H18N2O5. The van der Waals surface area contributed by atoms with Gasteiger partial charge in [0.2, 0.25) is 11.8 Å². The number of morpholine rings is 1. The Hall–Kier alpha value is -1.63. The van der Waals surface area contributed by atoms with Crippen LogP contribution in [0.5, 0.6) is 0 Å². The molecule has 2 amide bonds. The fraction of sp³-hybridized carbons (Fsp3) is 0.750. The summed E-state index contributed by atoms with van der Waals surface area (Å²) >= 11 is 0.